The minimum absolute atomic E-state index is 0.0354. The third kappa shape index (κ3) is 3.71. The summed E-state index contributed by atoms with van der Waals surface area (Å²) in [6.07, 6.45) is 3.52. The number of nitrogens with zero attached hydrogens (tertiary/aromatic N) is 5. The monoisotopic (exact) mass is 321 g/mol. The highest BCUT2D eigenvalue weighted by Gasteiger charge is 2.22. The van der Waals surface area contributed by atoms with Gasteiger partial charge in [0.25, 0.3) is 0 Å². The lowest BCUT2D eigenvalue weighted by atomic mass is 10.2. The van der Waals surface area contributed by atoms with Gasteiger partial charge in [-0.2, -0.15) is 5.10 Å². The van der Waals surface area contributed by atoms with Gasteiger partial charge in [-0.25, -0.2) is 9.97 Å². The maximum absolute atomic E-state index is 12.4. The SMILES string of the molecule is Cc1nc(C(C)C)sc1C(C)N(C)C(=O)CCn1cncn1. The first-order valence-corrected chi connectivity index (χ1v) is 8.27. The fourth-order valence-electron chi connectivity index (χ4n) is 2.19. The molecular formula is C15H23N5OS. The predicted molar refractivity (Wildman–Crippen MR) is 86.8 cm³/mol. The van der Waals surface area contributed by atoms with Crippen LogP contribution in [0.2, 0.25) is 0 Å². The minimum Gasteiger partial charge on any atom is -0.338 e. The molecule has 2 aromatic heterocycles. The molecule has 1 atom stereocenters. The lowest BCUT2D eigenvalue weighted by molar-refractivity contribution is -0.132. The number of carbonyl (C=O) groups is 1. The standard InChI is InChI=1S/C15H23N5OS/c1-10(2)15-18-11(3)14(22-15)12(4)19(5)13(21)6-7-20-9-16-8-17-20/h8-10,12H,6-7H2,1-5H3. The predicted octanol–water partition coefficient (Wildman–Crippen LogP) is 2.78. The first-order valence-electron chi connectivity index (χ1n) is 7.45. The van der Waals surface area contributed by atoms with E-state index in [-0.39, 0.29) is 11.9 Å². The van der Waals surface area contributed by atoms with Crippen molar-refractivity contribution in [1.82, 2.24) is 24.6 Å². The van der Waals surface area contributed by atoms with Gasteiger partial charge in [0.2, 0.25) is 5.91 Å². The number of rotatable bonds is 6. The van der Waals surface area contributed by atoms with E-state index in [1.807, 2.05) is 14.0 Å². The van der Waals surface area contributed by atoms with Crippen LogP contribution in [0.4, 0.5) is 0 Å². The second-order valence-corrected chi connectivity index (χ2v) is 6.81. The maximum Gasteiger partial charge on any atom is 0.224 e. The van der Waals surface area contributed by atoms with E-state index in [0.29, 0.717) is 18.9 Å². The van der Waals surface area contributed by atoms with Crippen LogP contribution in [0.15, 0.2) is 12.7 Å². The van der Waals surface area contributed by atoms with E-state index in [2.05, 4.69) is 35.8 Å². The Kier molecular flexibility index (Phi) is 5.28. The number of amides is 1. The number of thiazole rings is 1. The van der Waals surface area contributed by atoms with Crippen molar-refractivity contribution in [1.29, 1.82) is 0 Å². The first kappa shape index (κ1) is 16.6. The van der Waals surface area contributed by atoms with E-state index in [9.17, 15) is 4.79 Å². The van der Waals surface area contributed by atoms with E-state index in [1.54, 1.807) is 27.2 Å². The van der Waals surface area contributed by atoms with Gasteiger partial charge in [-0.1, -0.05) is 13.8 Å². The zero-order chi connectivity index (χ0) is 16.3. The Labute approximate surface area is 135 Å². The van der Waals surface area contributed by atoms with E-state index >= 15 is 0 Å². The van der Waals surface area contributed by atoms with Gasteiger partial charge in [-0.15, -0.1) is 11.3 Å². The summed E-state index contributed by atoms with van der Waals surface area (Å²) in [5, 5.41) is 5.14. The van der Waals surface area contributed by atoms with Crippen molar-refractivity contribution in [3.8, 4) is 0 Å². The summed E-state index contributed by atoms with van der Waals surface area (Å²) in [5.41, 5.74) is 1.03. The summed E-state index contributed by atoms with van der Waals surface area (Å²) in [7, 11) is 1.85. The van der Waals surface area contributed by atoms with Gasteiger partial charge in [0.1, 0.15) is 12.7 Å². The fraction of sp³-hybridized carbons (Fsp3) is 0.600. The van der Waals surface area contributed by atoms with Gasteiger partial charge in [0, 0.05) is 24.3 Å². The van der Waals surface area contributed by atoms with Crippen molar-refractivity contribution in [2.24, 2.45) is 0 Å². The molecule has 0 bridgehead atoms. The summed E-state index contributed by atoms with van der Waals surface area (Å²) in [6.45, 7) is 8.90. The minimum atomic E-state index is 0.0354. The van der Waals surface area contributed by atoms with Crippen molar-refractivity contribution >= 4 is 17.2 Å². The van der Waals surface area contributed by atoms with Crippen molar-refractivity contribution in [3.05, 3.63) is 28.2 Å². The Bertz CT molecular complexity index is 620. The molecule has 0 aliphatic rings. The fourth-order valence-corrected chi connectivity index (χ4v) is 3.36. The van der Waals surface area contributed by atoms with Crippen molar-refractivity contribution in [3.63, 3.8) is 0 Å². The topological polar surface area (TPSA) is 63.9 Å². The molecule has 0 saturated carbocycles. The van der Waals surface area contributed by atoms with Crippen LogP contribution in [0.5, 0.6) is 0 Å². The molecule has 0 radical (unpaired) electrons. The number of hydrogen-bond donors (Lipinski definition) is 0. The zero-order valence-electron chi connectivity index (χ0n) is 13.8. The summed E-state index contributed by atoms with van der Waals surface area (Å²) >= 11 is 1.70. The zero-order valence-corrected chi connectivity index (χ0v) is 14.6. The van der Waals surface area contributed by atoms with Crippen LogP contribution < -0.4 is 0 Å². The summed E-state index contributed by atoms with van der Waals surface area (Å²) in [4.78, 5) is 23.8. The van der Waals surface area contributed by atoms with Gasteiger partial charge in [-0.3, -0.25) is 9.48 Å². The van der Waals surface area contributed by atoms with Gasteiger partial charge in [0.05, 0.1) is 23.3 Å². The molecule has 2 rings (SSSR count). The van der Waals surface area contributed by atoms with Crippen molar-refractivity contribution in [2.45, 2.75) is 52.6 Å². The molecule has 22 heavy (non-hydrogen) atoms. The van der Waals surface area contributed by atoms with E-state index in [1.165, 1.54) is 11.2 Å². The Morgan fingerprint density at radius 2 is 2.14 bits per heavy atom. The Morgan fingerprint density at radius 3 is 2.68 bits per heavy atom. The maximum atomic E-state index is 12.4. The average molecular weight is 321 g/mol. The molecule has 0 aromatic carbocycles. The summed E-state index contributed by atoms with van der Waals surface area (Å²) in [5.74, 6) is 0.514. The van der Waals surface area contributed by atoms with E-state index < -0.39 is 0 Å². The molecule has 0 fully saturated rings. The molecule has 0 aliphatic heterocycles. The van der Waals surface area contributed by atoms with Crippen molar-refractivity contribution < 1.29 is 4.79 Å². The molecule has 1 amide bonds. The lowest BCUT2D eigenvalue weighted by Gasteiger charge is -2.24. The van der Waals surface area contributed by atoms with E-state index in [4.69, 9.17) is 0 Å². The molecule has 2 heterocycles. The number of hydrogen-bond acceptors (Lipinski definition) is 5. The van der Waals surface area contributed by atoms with Gasteiger partial charge < -0.3 is 4.90 Å². The van der Waals surface area contributed by atoms with Crippen LogP contribution in [0.25, 0.3) is 0 Å². The molecule has 0 spiro atoms. The van der Waals surface area contributed by atoms with Gasteiger partial charge in [0.15, 0.2) is 0 Å². The molecular weight excluding hydrogens is 298 g/mol. The third-order valence-corrected chi connectivity index (χ3v) is 5.35. The highest BCUT2D eigenvalue weighted by molar-refractivity contribution is 7.11. The van der Waals surface area contributed by atoms with Gasteiger partial charge in [-0.05, 0) is 13.8 Å². The average Bonchev–Trinajstić information content (AvgIpc) is 3.12. The quantitative estimate of drug-likeness (QED) is 0.820. The number of aryl methyl sites for hydroxylation is 2. The molecule has 6 nitrogen and oxygen atoms in total. The Balaban J connectivity index is 2.01. The molecule has 7 heteroatoms. The lowest BCUT2D eigenvalue weighted by Crippen LogP contribution is -2.30. The largest absolute Gasteiger partial charge is 0.338 e. The second kappa shape index (κ2) is 7.00. The Morgan fingerprint density at radius 1 is 1.41 bits per heavy atom. The van der Waals surface area contributed by atoms with Crippen LogP contribution in [0.1, 0.15) is 54.7 Å². The number of carbonyl (C=O) groups excluding carboxylic acids is 1. The Hall–Kier alpha value is -1.76. The highest BCUT2D eigenvalue weighted by atomic mass is 32.1. The highest BCUT2D eigenvalue weighted by Crippen LogP contribution is 2.31. The smallest absolute Gasteiger partial charge is 0.224 e. The van der Waals surface area contributed by atoms with E-state index in [0.717, 1.165) is 10.7 Å². The van der Waals surface area contributed by atoms with Gasteiger partial charge >= 0.3 is 0 Å². The normalized spacial score (nSPS) is 12.6. The second-order valence-electron chi connectivity index (χ2n) is 5.75. The van der Waals surface area contributed by atoms with Crippen LogP contribution in [0.3, 0.4) is 0 Å². The molecule has 120 valence electrons. The molecule has 1 unspecified atom stereocenters. The number of aromatic nitrogens is 4. The van der Waals surface area contributed by atoms with Crippen LogP contribution in [-0.2, 0) is 11.3 Å². The summed E-state index contributed by atoms with van der Waals surface area (Å²) < 4.78 is 1.67. The van der Waals surface area contributed by atoms with Crippen LogP contribution >= 0.6 is 11.3 Å². The molecule has 0 N–H and O–H groups in total. The molecule has 0 saturated heterocycles. The van der Waals surface area contributed by atoms with Crippen LogP contribution in [0, 0.1) is 6.92 Å². The molecule has 2 aromatic rings. The summed E-state index contributed by atoms with van der Waals surface area (Å²) in [6, 6.07) is 0.0354. The molecule has 0 aliphatic carbocycles. The van der Waals surface area contributed by atoms with Crippen molar-refractivity contribution in [2.75, 3.05) is 7.05 Å². The first-order chi connectivity index (χ1) is 10.4. The van der Waals surface area contributed by atoms with Crippen LogP contribution in [-0.4, -0.2) is 37.6 Å². The third-order valence-electron chi connectivity index (χ3n) is 3.72.